The van der Waals surface area contributed by atoms with Gasteiger partial charge in [0, 0.05) is 6.61 Å². The molecule has 0 radical (unpaired) electrons. The standard InChI is InChI=1S/C8H10.C4H10O2.C4H10O/c1-7-5-3-4-6-8(7)2;1-3-4(2,5)6;1-2-3-4-5/h3-6H,1-2H3;5-6H,3H2,1-2H3;5H,2-4H2,1H3. The van der Waals surface area contributed by atoms with Crippen molar-refractivity contribution in [1.82, 2.24) is 0 Å². The highest BCUT2D eigenvalue weighted by atomic mass is 16.5. The third-order valence-electron chi connectivity index (χ3n) is 2.61. The Bertz CT molecular complexity index is 280. The normalized spacial score (nSPS) is 9.89. The van der Waals surface area contributed by atoms with Gasteiger partial charge >= 0.3 is 0 Å². The van der Waals surface area contributed by atoms with E-state index in [2.05, 4.69) is 45.0 Å². The van der Waals surface area contributed by atoms with Crippen LogP contribution in [0.2, 0.25) is 0 Å². The Balaban J connectivity index is 0. The topological polar surface area (TPSA) is 60.7 Å². The molecule has 0 spiro atoms. The molecule has 0 bridgehead atoms. The molecule has 112 valence electrons. The van der Waals surface area contributed by atoms with E-state index >= 15 is 0 Å². The first-order valence-corrected chi connectivity index (χ1v) is 6.86. The summed E-state index contributed by atoms with van der Waals surface area (Å²) in [5.41, 5.74) is 2.74. The van der Waals surface area contributed by atoms with Crippen LogP contribution in [0.1, 0.15) is 51.2 Å². The molecule has 0 aliphatic heterocycles. The predicted octanol–water partition coefficient (Wildman–Crippen LogP) is 3.18. The quantitative estimate of drug-likeness (QED) is 0.739. The molecule has 0 unspecified atom stereocenters. The van der Waals surface area contributed by atoms with Crippen molar-refractivity contribution in [3.05, 3.63) is 35.4 Å². The van der Waals surface area contributed by atoms with Gasteiger partial charge in [-0.15, -0.1) is 0 Å². The second-order valence-electron chi connectivity index (χ2n) is 4.73. The number of aliphatic hydroxyl groups is 3. The molecule has 0 atom stereocenters. The zero-order valence-corrected chi connectivity index (χ0v) is 13.0. The maximum atomic E-state index is 8.38. The van der Waals surface area contributed by atoms with Gasteiger partial charge in [-0.3, -0.25) is 0 Å². The number of hydrogen-bond donors (Lipinski definition) is 3. The molecule has 3 N–H and O–H groups in total. The zero-order valence-electron chi connectivity index (χ0n) is 13.0. The van der Waals surface area contributed by atoms with E-state index in [0.29, 0.717) is 13.0 Å². The molecule has 1 aromatic rings. The molecule has 1 rings (SSSR count). The van der Waals surface area contributed by atoms with E-state index in [-0.39, 0.29) is 0 Å². The van der Waals surface area contributed by atoms with E-state index in [1.165, 1.54) is 18.1 Å². The van der Waals surface area contributed by atoms with Gasteiger partial charge in [-0.1, -0.05) is 44.5 Å². The molecule has 19 heavy (non-hydrogen) atoms. The van der Waals surface area contributed by atoms with Crippen molar-refractivity contribution in [3.8, 4) is 0 Å². The third kappa shape index (κ3) is 17.1. The molecule has 0 aromatic heterocycles. The van der Waals surface area contributed by atoms with Gasteiger partial charge in [0.25, 0.3) is 0 Å². The summed E-state index contributed by atoms with van der Waals surface area (Å²) < 4.78 is 0. The van der Waals surface area contributed by atoms with Crippen LogP contribution < -0.4 is 0 Å². The summed E-state index contributed by atoms with van der Waals surface area (Å²) in [7, 11) is 0. The van der Waals surface area contributed by atoms with Gasteiger partial charge in [0.05, 0.1) is 0 Å². The number of aliphatic hydroxyl groups excluding tert-OH is 1. The molecule has 3 nitrogen and oxygen atoms in total. The largest absolute Gasteiger partial charge is 0.396 e. The molecule has 1 aromatic carbocycles. The fourth-order valence-corrected chi connectivity index (χ4v) is 0.821. The van der Waals surface area contributed by atoms with Crippen LogP contribution in [0.15, 0.2) is 24.3 Å². The Morgan fingerprint density at radius 2 is 1.37 bits per heavy atom. The zero-order chi connectivity index (χ0) is 15.3. The van der Waals surface area contributed by atoms with Crippen LogP contribution in [-0.4, -0.2) is 27.7 Å². The van der Waals surface area contributed by atoms with Gasteiger partial charge in [-0.05, 0) is 44.7 Å². The van der Waals surface area contributed by atoms with E-state index in [4.69, 9.17) is 15.3 Å². The molecule has 0 saturated carbocycles. The smallest absolute Gasteiger partial charge is 0.159 e. The van der Waals surface area contributed by atoms with E-state index in [0.717, 1.165) is 12.8 Å². The first-order chi connectivity index (χ1) is 8.78. The Hall–Kier alpha value is -0.900. The Morgan fingerprint density at radius 1 is 1.00 bits per heavy atom. The van der Waals surface area contributed by atoms with Gasteiger partial charge in [0.1, 0.15) is 0 Å². The molecular weight excluding hydrogens is 240 g/mol. The van der Waals surface area contributed by atoms with Crippen LogP contribution in [0.4, 0.5) is 0 Å². The summed E-state index contributed by atoms with van der Waals surface area (Å²) in [5, 5.41) is 24.8. The lowest BCUT2D eigenvalue weighted by Crippen LogP contribution is -2.20. The highest BCUT2D eigenvalue weighted by Gasteiger charge is 2.08. The number of benzene rings is 1. The minimum absolute atomic E-state index is 0.344. The minimum Gasteiger partial charge on any atom is -0.396 e. The van der Waals surface area contributed by atoms with Crippen molar-refractivity contribution in [2.24, 2.45) is 0 Å². The first-order valence-electron chi connectivity index (χ1n) is 6.86. The lowest BCUT2D eigenvalue weighted by atomic mass is 10.1. The average molecular weight is 270 g/mol. The van der Waals surface area contributed by atoms with Crippen molar-refractivity contribution in [2.75, 3.05) is 6.61 Å². The van der Waals surface area contributed by atoms with Crippen molar-refractivity contribution >= 4 is 0 Å². The maximum Gasteiger partial charge on any atom is 0.159 e. The first kappa shape index (κ1) is 20.4. The summed E-state index contributed by atoms with van der Waals surface area (Å²) in [6.45, 7) is 9.70. The summed E-state index contributed by atoms with van der Waals surface area (Å²) in [4.78, 5) is 0. The van der Waals surface area contributed by atoms with Crippen LogP contribution in [0.3, 0.4) is 0 Å². The Morgan fingerprint density at radius 3 is 1.47 bits per heavy atom. The minimum atomic E-state index is -1.46. The predicted molar refractivity (Wildman–Crippen MR) is 81.0 cm³/mol. The fraction of sp³-hybridized carbons (Fsp3) is 0.625. The third-order valence-corrected chi connectivity index (χ3v) is 2.61. The van der Waals surface area contributed by atoms with Crippen molar-refractivity contribution in [3.63, 3.8) is 0 Å². The summed E-state index contributed by atoms with van der Waals surface area (Å²) in [6, 6.07) is 8.36. The van der Waals surface area contributed by atoms with E-state index < -0.39 is 5.79 Å². The molecular formula is C16H30O3. The van der Waals surface area contributed by atoms with Crippen LogP contribution in [0.5, 0.6) is 0 Å². The highest BCUT2D eigenvalue weighted by Crippen LogP contribution is 2.02. The number of rotatable bonds is 3. The lowest BCUT2D eigenvalue weighted by Gasteiger charge is -2.10. The lowest BCUT2D eigenvalue weighted by molar-refractivity contribution is -0.145. The summed E-state index contributed by atoms with van der Waals surface area (Å²) >= 11 is 0. The number of hydrogen-bond acceptors (Lipinski definition) is 3. The second-order valence-corrected chi connectivity index (χ2v) is 4.73. The fourth-order valence-electron chi connectivity index (χ4n) is 0.821. The summed E-state index contributed by atoms with van der Waals surface area (Å²) in [5.74, 6) is -1.46. The van der Waals surface area contributed by atoms with Gasteiger partial charge in [-0.2, -0.15) is 0 Å². The second kappa shape index (κ2) is 12.2. The molecule has 0 amide bonds. The monoisotopic (exact) mass is 270 g/mol. The van der Waals surface area contributed by atoms with Crippen molar-refractivity contribution < 1.29 is 15.3 Å². The van der Waals surface area contributed by atoms with Gasteiger partial charge in [0.2, 0.25) is 0 Å². The molecule has 0 aliphatic carbocycles. The van der Waals surface area contributed by atoms with E-state index in [9.17, 15) is 0 Å². The van der Waals surface area contributed by atoms with Crippen LogP contribution in [0, 0.1) is 13.8 Å². The Kier molecular flexibility index (Phi) is 13.1. The van der Waals surface area contributed by atoms with Crippen molar-refractivity contribution in [2.45, 2.75) is 59.7 Å². The molecule has 0 aliphatic rings. The molecule has 0 heterocycles. The molecule has 3 heteroatoms. The average Bonchev–Trinajstić information content (AvgIpc) is 2.35. The van der Waals surface area contributed by atoms with Crippen molar-refractivity contribution in [1.29, 1.82) is 0 Å². The summed E-state index contributed by atoms with van der Waals surface area (Å²) in [6.07, 6.45) is 2.42. The molecule has 0 saturated heterocycles. The SMILES string of the molecule is CCC(C)(O)O.CCCCO.Cc1ccccc1C. The highest BCUT2D eigenvalue weighted by molar-refractivity contribution is 5.23. The van der Waals surface area contributed by atoms with Gasteiger partial charge in [0.15, 0.2) is 5.79 Å². The van der Waals surface area contributed by atoms with E-state index in [1.54, 1.807) is 6.92 Å². The number of aryl methyl sites for hydroxylation is 2. The van der Waals surface area contributed by atoms with Crippen LogP contribution >= 0.6 is 0 Å². The Labute approximate surface area is 117 Å². The van der Waals surface area contributed by atoms with Gasteiger partial charge in [-0.25, -0.2) is 0 Å². The maximum absolute atomic E-state index is 8.38. The van der Waals surface area contributed by atoms with Crippen LogP contribution in [0.25, 0.3) is 0 Å². The molecule has 0 fully saturated rings. The van der Waals surface area contributed by atoms with Crippen LogP contribution in [-0.2, 0) is 0 Å². The van der Waals surface area contributed by atoms with Gasteiger partial charge < -0.3 is 15.3 Å². The number of unbranched alkanes of at least 4 members (excludes halogenated alkanes) is 1. The van der Waals surface area contributed by atoms with E-state index in [1.807, 2.05) is 0 Å².